The summed E-state index contributed by atoms with van der Waals surface area (Å²) in [6, 6.07) is 14.9. The van der Waals surface area contributed by atoms with Gasteiger partial charge in [0, 0.05) is 14.1 Å². The molecule has 2 aromatic carbocycles. The van der Waals surface area contributed by atoms with Gasteiger partial charge in [0.2, 0.25) is 0 Å². The fourth-order valence-electron chi connectivity index (χ4n) is 1.81. The summed E-state index contributed by atoms with van der Waals surface area (Å²) < 4.78 is 5.09. The van der Waals surface area contributed by atoms with Crippen molar-refractivity contribution in [2.45, 2.75) is 0 Å². The van der Waals surface area contributed by atoms with Crippen molar-refractivity contribution >= 4 is 23.8 Å². The third-order valence-corrected chi connectivity index (χ3v) is 2.94. The molecule has 0 saturated heterocycles. The minimum atomic E-state index is -0.993. The van der Waals surface area contributed by atoms with Gasteiger partial charge in [-0.1, -0.05) is 41.6 Å². The molecule has 24 heavy (non-hydrogen) atoms. The van der Waals surface area contributed by atoms with Crippen LogP contribution in [0.3, 0.4) is 0 Å². The third kappa shape index (κ3) is 5.92. The first kappa shape index (κ1) is 17.2. The van der Waals surface area contributed by atoms with Crippen LogP contribution in [0.5, 0.6) is 5.75 Å². The lowest BCUT2D eigenvalue weighted by atomic mass is 10.1. The number of nitrogens with zero attached hydrogens (tertiary/aromatic N) is 3. The maximum Gasteiger partial charge on any atom is 0.341 e. The molecule has 6 nitrogen and oxygen atoms in total. The van der Waals surface area contributed by atoms with E-state index in [0.29, 0.717) is 5.75 Å². The predicted octanol–water partition coefficient (Wildman–Crippen LogP) is 3.88. The van der Waals surface area contributed by atoms with Crippen LogP contribution in [0.25, 0.3) is 12.2 Å². The van der Waals surface area contributed by atoms with Crippen molar-refractivity contribution in [2.24, 2.45) is 10.3 Å². The smallest absolute Gasteiger partial charge is 0.341 e. The average molecular weight is 325 g/mol. The van der Waals surface area contributed by atoms with Crippen molar-refractivity contribution in [1.82, 2.24) is 5.01 Å². The molecule has 0 spiro atoms. The first-order chi connectivity index (χ1) is 11.5. The van der Waals surface area contributed by atoms with Gasteiger partial charge in [-0.15, -0.1) is 5.11 Å². The number of aliphatic carboxylic acids is 1. The van der Waals surface area contributed by atoms with Gasteiger partial charge in [0.15, 0.2) is 6.61 Å². The number of benzene rings is 2. The van der Waals surface area contributed by atoms with Gasteiger partial charge in [-0.3, -0.25) is 5.01 Å². The van der Waals surface area contributed by atoms with Gasteiger partial charge in [-0.2, -0.15) is 0 Å². The van der Waals surface area contributed by atoms with Gasteiger partial charge in [0.1, 0.15) is 5.75 Å². The molecule has 0 aromatic heterocycles. The number of hydrogen-bond donors (Lipinski definition) is 1. The molecule has 124 valence electrons. The Hall–Kier alpha value is -3.15. The molecule has 0 aliphatic heterocycles. The normalized spacial score (nSPS) is 11.1. The van der Waals surface area contributed by atoms with Gasteiger partial charge in [-0.25, -0.2) is 4.79 Å². The van der Waals surface area contributed by atoms with Crippen molar-refractivity contribution in [3.63, 3.8) is 0 Å². The molecule has 0 heterocycles. The molecule has 6 heteroatoms. The summed E-state index contributed by atoms with van der Waals surface area (Å²) in [6.07, 6.45) is 3.96. The topological polar surface area (TPSA) is 74.5 Å². The van der Waals surface area contributed by atoms with Gasteiger partial charge in [0.05, 0.1) is 5.69 Å². The van der Waals surface area contributed by atoms with E-state index in [4.69, 9.17) is 9.84 Å². The van der Waals surface area contributed by atoms with E-state index in [-0.39, 0.29) is 6.61 Å². The van der Waals surface area contributed by atoms with Crippen LogP contribution in [0, 0.1) is 0 Å². The summed E-state index contributed by atoms with van der Waals surface area (Å²) >= 11 is 0. The van der Waals surface area contributed by atoms with E-state index in [1.807, 2.05) is 62.6 Å². The second-order valence-corrected chi connectivity index (χ2v) is 5.21. The fourth-order valence-corrected chi connectivity index (χ4v) is 1.81. The zero-order valence-electron chi connectivity index (χ0n) is 13.6. The van der Waals surface area contributed by atoms with Crippen LogP contribution in [-0.2, 0) is 4.79 Å². The van der Waals surface area contributed by atoms with Crippen LogP contribution in [-0.4, -0.2) is 36.8 Å². The standard InChI is InChI=1S/C18H19N3O3/c1-21(2)20-19-16-9-5-14(6-10-16)3-4-15-7-11-17(12-8-15)24-13-18(22)23/h3-12H,13H2,1-2H3,(H,22,23). The highest BCUT2D eigenvalue weighted by atomic mass is 16.5. The van der Waals surface area contributed by atoms with Gasteiger partial charge >= 0.3 is 5.97 Å². The lowest BCUT2D eigenvalue weighted by molar-refractivity contribution is -0.139. The molecule has 0 unspecified atom stereocenters. The zero-order chi connectivity index (χ0) is 17.4. The Morgan fingerprint density at radius 1 is 1.04 bits per heavy atom. The van der Waals surface area contributed by atoms with Crippen LogP contribution < -0.4 is 4.74 Å². The summed E-state index contributed by atoms with van der Waals surface area (Å²) in [6.45, 7) is -0.341. The minimum Gasteiger partial charge on any atom is -0.482 e. The SMILES string of the molecule is CN(C)N=Nc1ccc(C=Cc2ccc(OCC(=O)O)cc2)cc1. The molecule has 0 bridgehead atoms. The van der Waals surface area contributed by atoms with E-state index >= 15 is 0 Å². The van der Waals surface area contributed by atoms with Crippen molar-refractivity contribution in [3.8, 4) is 5.75 Å². The molecule has 0 atom stereocenters. The first-order valence-electron chi connectivity index (χ1n) is 7.35. The van der Waals surface area contributed by atoms with E-state index in [1.165, 1.54) is 0 Å². The van der Waals surface area contributed by atoms with E-state index in [2.05, 4.69) is 10.3 Å². The average Bonchev–Trinajstić information content (AvgIpc) is 2.58. The Balaban J connectivity index is 1.96. The van der Waals surface area contributed by atoms with E-state index in [9.17, 15) is 4.79 Å². The first-order valence-corrected chi connectivity index (χ1v) is 7.35. The third-order valence-electron chi connectivity index (χ3n) is 2.94. The molecular weight excluding hydrogens is 306 g/mol. The molecule has 0 fully saturated rings. The predicted molar refractivity (Wildman–Crippen MR) is 93.1 cm³/mol. The van der Waals surface area contributed by atoms with Gasteiger partial charge in [-0.05, 0) is 35.4 Å². The highest BCUT2D eigenvalue weighted by Crippen LogP contribution is 2.17. The minimum absolute atomic E-state index is 0.341. The summed E-state index contributed by atoms with van der Waals surface area (Å²) in [4.78, 5) is 10.4. The van der Waals surface area contributed by atoms with Gasteiger partial charge < -0.3 is 9.84 Å². The monoisotopic (exact) mass is 325 g/mol. The van der Waals surface area contributed by atoms with Crippen LogP contribution in [0.4, 0.5) is 5.69 Å². The quantitative estimate of drug-likeness (QED) is 0.476. The van der Waals surface area contributed by atoms with Crippen molar-refractivity contribution in [3.05, 3.63) is 59.7 Å². The maximum absolute atomic E-state index is 10.4. The number of carbonyl (C=O) groups is 1. The van der Waals surface area contributed by atoms with Crippen LogP contribution in [0.2, 0.25) is 0 Å². The second-order valence-electron chi connectivity index (χ2n) is 5.21. The fraction of sp³-hybridized carbons (Fsp3) is 0.167. The number of rotatable bonds is 7. The molecule has 0 aliphatic carbocycles. The second kappa shape index (κ2) is 8.47. The number of ether oxygens (including phenoxy) is 1. The molecule has 0 radical (unpaired) electrons. The Kier molecular flexibility index (Phi) is 6.08. The van der Waals surface area contributed by atoms with Crippen molar-refractivity contribution in [2.75, 3.05) is 20.7 Å². The summed E-state index contributed by atoms with van der Waals surface area (Å²) in [7, 11) is 3.64. The van der Waals surface area contributed by atoms with Crippen LogP contribution >= 0.6 is 0 Å². The Morgan fingerprint density at radius 3 is 2.08 bits per heavy atom. The van der Waals surface area contributed by atoms with E-state index in [0.717, 1.165) is 16.8 Å². The molecule has 2 rings (SSSR count). The van der Waals surface area contributed by atoms with Crippen LogP contribution in [0.1, 0.15) is 11.1 Å². The number of carboxylic acids is 1. The summed E-state index contributed by atoms with van der Waals surface area (Å²) in [5.41, 5.74) is 2.83. The highest BCUT2D eigenvalue weighted by Gasteiger charge is 1.98. The van der Waals surface area contributed by atoms with E-state index in [1.54, 1.807) is 17.1 Å². The highest BCUT2D eigenvalue weighted by molar-refractivity contribution is 5.70. The zero-order valence-corrected chi connectivity index (χ0v) is 13.6. The molecule has 0 saturated carbocycles. The number of carboxylic acid groups (broad SMARTS) is 1. The summed E-state index contributed by atoms with van der Waals surface area (Å²) in [5.74, 6) is -0.460. The largest absolute Gasteiger partial charge is 0.482 e. The summed E-state index contributed by atoms with van der Waals surface area (Å²) in [5, 5.41) is 18.2. The Labute approximate surface area is 140 Å². The Bertz CT molecular complexity index is 720. The van der Waals surface area contributed by atoms with Gasteiger partial charge in [0.25, 0.3) is 0 Å². The molecular formula is C18H19N3O3. The van der Waals surface area contributed by atoms with Crippen molar-refractivity contribution < 1.29 is 14.6 Å². The van der Waals surface area contributed by atoms with E-state index < -0.39 is 5.97 Å². The number of hydrogen-bond acceptors (Lipinski definition) is 4. The molecule has 2 aromatic rings. The lowest BCUT2D eigenvalue weighted by Crippen LogP contribution is -2.09. The Morgan fingerprint density at radius 2 is 1.58 bits per heavy atom. The maximum atomic E-state index is 10.4. The molecule has 0 amide bonds. The van der Waals surface area contributed by atoms with Crippen LogP contribution in [0.15, 0.2) is 58.9 Å². The molecule has 1 N–H and O–H groups in total. The van der Waals surface area contributed by atoms with Crippen molar-refractivity contribution in [1.29, 1.82) is 0 Å². The molecule has 0 aliphatic rings. The lowest BCUT2D eigenvalue weighted by Gasteiger charge is -2.03.